The van der Waals surface area contributed by atoms with E-state index < -0.39 is 65.7 Å². The standard InChI is InChI=1S/C39H59N7O7/c1-9-16-26(31(48)34(50)40-21-27(47)43-29(35(51)45(7)8)23-17-12-10-13-18-23)42-33(49)30-28-25(39(28,5)6)22-46(30)36(52)32(38(2,3)4)44-37(53)41-24-19-14-11-15-20-24/h10,12-13,17-18,24-26,28-30,32H,9,11,14-16,19-22H2,1-8H3,(H,40,50)(H,42,49)(H,43,47)(H2,41,44,53)/t25-,26?,28-,29-,30-,32+/m0/s1. The number of nitrogens with zero attached hydrogens (tertiary/aromatic N) is 2. The summed E-state index contributed by atoms with van der Waals surface area (Å²) in [6, 6.07) is 4.29. The molecule has 0 bridgehead atoms. The van der Waals surface area contributed by atoms with Crippen molar-refractivity contribution in [2.45, 2.75) is 117 Å². The van der Waals surface area contributed by atoms with Gasteiger partial charge in [0.1, 0.15) is 18.1 Å². The van der Waals surface area contributed by atoms with E-state index in [9.17, 15) is 33.6 Å². The molecule has 5 N–H and O–H groups in total. The zero-order valence-corrected chi connectivity index (χ0v) is 32.5. The summed E-state index contributed by atoms with van der Waals surface area (Å²) in [7, 11) is 3.13. The van der Waals surface area contributed by atoms with Crippen molar-refractivity contribution in [2.24, 2.45) is 22.7 Å². The van der Waals surface area contributed by atoms with Crippen molar-refractivity contribution < 1.29 is 33.6 Å². The van der Waals surface area contributed by atoms with E-state index in [2.05, 4.69) is 26.6 Å². The van der Waals surface area contributed by atoms with Crippen LogP contribution in [0.2, 0.25) is 0 Å². The molecule has 1 aromatic carbocycles. The molecular formula is C39H59N7O7. The Morgan fingerprint density at radius 3 is 2.15 bits per heavy atom. The lowest BCUT2D eigenvalue weighted by molar-refractivity contribution is -0.145. The summed E-state index contributed by atoms with van der Waals surface area (Å²) in [5.74, 6) is -4.05. The van der Waals surface area contributed by atoms with Crippen LogP contribution < -0.4 is 26.6 Å². The Morgan fingerprint density at radius 1 is 0.925 bits per heavy atom. The van der Waals surface area contributed by atoms with Crippen molar-refractivity contribution in [3.8, 4) is 0 Å². The fourth-order valence-corrected chi connectivity index (χ4v) is 7.86. The van der Waals surface area contributed by atoms with Crippen LogP contribution in [0.1, 0.15) is 98.1 Å². The number of hydrogen-bond donors (Lipinski definition) is 5. The summed E-state index contributed by atoms with van der Waals surface area (Å²) in [6.45, 7) is 11.3. The predicted octanol–water partition coefficient (Wildman–Crippen LogP) is 2.43. The van der Waals surface area contributed by atoms with Gasteiger partial charge in [-0.3, -0.25) is 28.8 Å². The maximum atomic E-state index is 14.3. The topological polar surface area (TPSA) is 186 Å². The second kappa shape index (κ2) is 17.1. The van der Waals surface area contributed by atoms with Crippen molar-refractivity contribution >= 4 is 41.4 Å². The molecule has 14 nitrogen and oxygen atoms in total. The molecule has 0 radical (unpaired) electrons. The summed E-state index contributed by atoms with van der Waals surface area (Å²) < 4.78 is 0. The molecule has 0 spiro atoms. The van der Waals surface area contributed by atoms with Crippen molar-refractivity contribution in [3.05, 3.63) is 35.9 Å². The van der Waals surface area contributed by atoms with Gasteiger partial charge in [-0.25, -0.2) is 4.79 Å². The van der Waals surface area contributed by atoms with Crippen LogP contribution in [0.25, 0.3) is 0 Å². The molecule has 1 aromatic rings. The average molecular weight is 738 g/mol. The Bertz CT molecular complexity index is 1530. The minimum atomic E-state index is -1.20. The van der Waals surface area contributed by atoms with Crippen molar-refractivity contribution in [3.63, 3.8) is 0 Å². The number of ketones is 1. The third-order valence-electron chi connectivity index (χ3n) is 11.1. The van der Waals surface area contributed by atoms with Crippen molar-refractivity contribution in [2.75, 3.05) is 27.2 Å². The predicted molar refractivity (Wildman–Crippen MR) is 199 cm³/mol. The highest BCUT2D eigenvalue weighted by atomic mass is 16.2. The molecule has 3 aliphatic rings. The van der Waals surface area contributed by atoms with Gasteiger partial charge in [0.2, 0.25) is 29.4 Å². The first kappa shape index (κ1) is 41.3. The van der Waals surface area contributed by atoms with E-state index in [0.29, 0.717) is 18.5 Å². The first-order chi connectivity index (χ1) is 24.9. The number of urea groups is 1. The summed E-state index contributed by atoms with van der Waals surface area (Å²) in [5, 5.41) is 13.7. The molecular weight excluding hydrogens is 678 g/mol. The van der Waals surface area contributed by atoms with E-state index in [0.717, 1.165) is 32.1 Å². The molecule has 6 atom stereocenters. The average Bonchev–Trinajstić information content (AvgIpc) is 3.41. The number of piperidine rings is 1. The van der Waals surface area contributed by atoms with Gasteiger partial charge in [-0.2, -0.15) is 0 Å². The minimum Gasteiger partial charge on any atom is -0.347 e. The van der Waals surface area contributed by atoms with Gasteiger partial charge in [0.05, 0.1) is 12.6 Å². The molecule has 2 saturated carbocycles. The second-order valence-corrected chi connectivity index (χ2v) is 16.7. The molecule has 292 valence electrons. The Balaban J connectivity index is 1.43. The van der Waals surface area contributed by atoms with E-state index in [4.69, 9.17) is 0 Å². The van der Waals surface area contributed by atoms with Gasteiger partial charge < -0.3 is 36.4 Å². The van der Waals surface area contributed by atoms with Crippen LogP contribution in [-0.4, -0.2) is 103 Å². The van der Waals surface area contributed by atoms with Crippen LogP contribution in [0, 0.1) is 22.7 Å². The number of benzene rings is 1. The van der Waals surface area contributed by atoms with Gasteiger partial charge in [0.25, 0.3) is 5.91 Å². The number of Topliss-reactive ketones (excluding diaryl/α,β-unsaturated/α-hetero) is 1. The Labute approximate surface area is 313 Å². The Morgan fingerprint density at radius 2 is 1.57 bits per heavy atom. The molecule has 7 amide bonds. The monoisotopic (exact) mass is 737 g/mol. The van der Waals surface area contributed by atoms with Crippen molar-refractivity contribution in [1.82, 2.24) is 36.4 Å². The normalized spacial score (nSPS) is 22.3. The summed E-state index contributed by atoms with van der Waals surface area (Å²) >= 11 is 0. The van der Waals surface area contributed by atoms with Gasteiger partial charge in [-0.1, -0.05) is 97.6 Å². The lowest BCUT2D eigenvalue weighted by atomic mass is 9.85. The minimum absolute atomic E-state index is 0.0522. The highest BCUT2D eigenvalue weighted by molar-refractivity contribution is 6.38. The van der Waals surface area contributed by atoms with Gasteiger partial charge in [0.15, 0.2) is 0 Å². The molecule has 1 saturated heterocycles. The summed E-state index contributed by atoms with van der Waals surface area (Å²) in [5.41, 5.74) is -0.334. The highest BCUT2D eigenvalue weighted by Gasteiger charge is 2.70. The number of carbonyl (C=O) groups excluding carboxylic acids is 7. The quantitative estimate of drug-likeness (QED) is 0.182. The fraction of sp³-hybridized carbons (Fsp3) is 0.667. The zero-order chi connectivity index (χ0) is 39.2. The van der Waals surface area contributed by atoms with Crippen LogP contribution >= 0.6 is 0 Å². The maximum Gasteiger partial charge on any atom is 0.315 e. The third kappa shape index (κ3) is 9.94. The maximum absolute atomic E-state index is 14.3. The summed E-state index contributed by atoms with van der Waals surface area (Å²) in [4.78, 5) is 96.6. The number of carbonyl (C=O) groups is 7. The van der Waals surface area contributed by atoms with E-state index in [1.807, 2.05) is 41.5 Å². The number of amides is 7. The smallest absolute Gasteiger partial charge is 0.315 e. The van der Waals surface area contributed by atoms with Crippen LogP contribution in [0.3, 0.4) is 0 Å². The lowest BCUT2D eigenvalue weighted by Gasteiger charge is -2.38. The SMILES string of the molecule is CCCC(NC(=O)[C@@H]1[C@@H]2[C@H](CN1C(=O)[C@@H](NC(=O)NC1CCCCC1)C(C)(C)C)C2(C)C)C(=O)C(=O)NCC(=O)N[C@H](C(=O)N(C)C)c1ccccc1. The molecule has 53 heavy (non-hydrogen) atoms. The molecule has 1 aliphatic heterocycles. The Hall–Kier alpha value is -4.49. The molecule has 2 aliphatic carbocycles. The molecule has 0 aromatic heterocycles. The molecule has 4 rings (SSSR count). The Kier molecular flexibility index (Phi) is 13.3. The zero-order valence-electron chi connectivity index (χ0n) is 32.5. The number of likely N-dealkylation sites (N-methyl/N-ethyl adjacent to an activating group) is 1. The first-order valence-corrected chi connectivity index (χ1v) is 18.9. The van der Waals surface area contributed by atoms with Gasteiger partial charge in [-0.15, -0.1) is 0 Å². The number of fused-ring (bicyclic) bond motifs is 1. The largest absolute Gasteiger partial charge is 0.347 e. The number of rotatable bonds is 14. The van der Waals surface area contributed by atoms with Crippen molar-refractivity contribution in [1.29, 1.82) is 0 Å². The van der Waals surface area contributed by atoms with Crippen LogP contribution in [0.4, 0.5) is 4.79 Å². The third-order valence-corrected chi connectivity index (χ3v) is 11.1. The molecule has 3 fully saturated rings. The molecule has 1 heterocycles. The van der Waals surface area contributed by atoms with Crippen LogP contribution in [0.5, 0.6) is 0 Å². The number of hydrogen-bond acceptors (Lipinski definition) is 7. The second-order valence-electron chi connectivity index (χ2n) is 16.7. The van der Waals surface area contributed by atoms with Gasteiger partial charge in [0, 0.05) is 26.7 Å². The van der Waals surface area contributed by atoms with E-state index in [1.54, 1.807) is 44.4 Å². The van der Waals surface area contributed by atoms with E-state index in [1.165, 1.54) is 9.80 Å². The van der Waals surface area contributed by atoms with Crippen LogP contribution in [-0.2, 0) is 28.8 Å². The van der Waals surface area contributed by atoms with Crippen LogP contribution in [0.15, 0.2) is 30.3 Å². The molecule has 1 unspecified atom stereocenters. The van der Waals surface area contributed by atoms with Gasteiger partial charge >= 0.3 is 6.03 Å². The highest BCUT2D eigenvalue weighted by Crippen LogP contribution is 2.65. The molecule has 14 heteroatoms. The first-order valence-electron chi connectivity index (χ1n) is 18.9. The summed E-state index contributed by atoms with van der Waals surface area (Å²) in [6.07, 6.45) is 5.64. The van der Waals surface area contributed by atoms with Gasteiger partial charge in [-0.05, 0) is 47.5 Å². The number of nitrogens with one attached hydrogen (secondary N) is 5. The lowest BCUT2D eigenvalue weighted by Crippen LogP contribution is -2.61. The van der Waals surface area contributed by atoms with E-state index in [-0.39, 0.29) is 41.5 Å². The number of likely N-dealkylation sites (tertiary alicyclic amines) is 1. The fourth-order valence-electron chi connectivity index (χ4n) is 7.86. The van der Waals surface area contributed by atoms with E-state index >= 15 is 0 Å².